The number of phenolic OH excluding ortho intramolecular Hbond substituents is 1. The van der Waals surface area contributed by atoms with Crippen LogP contribution in [0.2, 0.25) is 0 Å². The van der Waals surface area contributed by atoms with Crippen LogP contribution in [0.4, 0.5) is 5.69 Å². The van der Waals surface area contributed by atoms with Crippen molar-refractivity contribution in [2.24, 2.45) is 4.99 Å². The smallest absolute Gasteiger partial charge is 0.219 e. The van der Waals surface area contributed by atoms with Gasteiger partial charge in [0, 0.05) is 22.7 Å². The van der Waals surface area contributed by atoms with Crippen LogP contribution in [0, 0.1) is 27.7 Å². The maximum Gasteiger partial charge on any atom is 0.219 e. The van der Waals surface area contributed by atoms with Gasteiger partial charge in [-0.2, -0.15) is 0 Å². The van der Waals surface area contributed by atoms with E-state index in [1.54, 1.807) is 6.07 Å². The van der Waals surface area contributed by atoms with Gasteiger partial charge in [0.15, 0.2) is 0 Å². The standard InChI is InChI=1S/C33H35N3O2/c1-20-18-21(2)23(4)32(22(20)3)36-28-14-7-5-6-13-27(28)34-33(36)25-11-8-12-26(19-25)38-30-17-16-24-10-9-15-29(37)31(24)35-30/h8-12,15-19,27-28,37H,5-7,13-14H2,1-4H3/t27-,28-/m0/s1. The van der Waals surface area contributed by atoms with Gasteiger partial charge in [0.2, 0.25) is 5.88 Å². The van der Waals surface area contributed by atoms with Crippen molar-refractivity contribution in [2.45, 2.75) is 71.9 Å². The fraction of sp³-hybridized carbons (Fsp3) is 0.333. The summed E-state index contributed by atoms with van der Waals surface area (Å²) in [4.78, 5) is 12.5. The normalized spacial score (nSPS) is 19.3. The van der Waals surface area contributed by atoms with Crippen molar-refractivity contribution in [2.75, 3.05) is 4.90 Å². The topological polar surface area (TPSA) is 58.0 Å². The zero-order valence-corrected chi connectivity index (χ0v) is 22.7. The summed E-state index contributed by atoms with van der Waals surface area (Å²) in [6, 6.07) is 20.3. The first kappa shape index (κ1) is 24.5. The first-order valence-corrected chi connectivity index (χ1v) is 13.7. The van der Waals surface area contributed by atoms with Crippen LogP contribution < -0.4 is 9.64 Å². The Morgan fingerprint density at radius 2 is 1.61 bits per heavy atom. The molecule has 5 nitrogen and oxygen atoms in total. The van der Waals surface area contributed by atoms with Crippen molar-refractivity contribution in [3.8, 4) is 17.4 Å². The SMILES string of the molecule is Cc1cc(C)c(C)c(N2C(c3cccc(Oc4ccc5cccc(O)c5n4)c3)=N[C@H]3CCCCC[C@@H]32)c1C. The zero-order valence-electron chi connectivity index (χ0n) is 22.7. The molecule has 1 saturated carbocycles. The molecule has 5 heteroatoms. The number of para-hydroxylation sites is 1. The van der Waals surface area contributed by atoms with Crippen LogP contribution in [0.1, 0.15) is 59.9 Å². The van der Waals surface area contributed by atoms with Gasteiger partial charge in [0.1, 0.15) is 22.9 Å². The number of rotatable bonds is 4. The van der Waals surface area contributed by atoms with Crippen molar-refractivity contribution < 1.29 is 9.84 Å². The molecule has 0 amide bonds. The lowest BCUT2D eigenvalue weighted by Gasteiger charge is -2.33. The molecule has 38 heavy (non-hydrogen) atoms. The summed E-state index contributed by atoms with van der Waals surface area (Å²) in [5, 5.41) is 11.1. The van der Waals surface area contributed by atoms with Crippen LogP contribution in [0.3, 0.4) is 0 Å². The van der Waals surface area contributed by atoms with E-state index in [-0.39, 0.29) is 5.75 Å². The second-order valence-corrected chi connectivity index (χ2v) is 10.8. The van der Waals surface area contributed by atoms with E-state index in [0.717, 1.165) is 29.6 Å². The number of fused-ring (bicyclic) bond motifs is 2. The van der Waals surface area contributed by atoms with Crippen LogP contribution in [0.5, 0.6) is 17.4 Å². The van der Waals surface area contributed by atoms with Gasteiger partial charge in [0.25, 0.3) is 0 Å². The predicted molar refractivity (Wildman–Crippen MR) is 155 cm³/mol. The fourth-order valence-electron chi connectivity index (χ4n) is 6.13. The Balaban J connectivity index is 1.41. The van der Waals surface area contributed by atoms with Crippen molar-refractivity contribution in [3.63, 3.8) is 0 Å². The molecule has 6 rings (SSSR count). The van der Waals surface area contributed by atoms with E-state index in [1.807, 2.05) is 36.4 Å². The predicted octanol–water partition coefficient (Wildman–Crippen LogP) is 7.93. The van der Waals surface area contributed by atoms with Crippen molar-refractivity contribution in [1.82, 2.24) is 4.98 Å². The number of aryl methyl sites for hydroxylation is 2. The maximum atomic E-state index is 10.3. The molecule has 2 atom stereocenters. The highest BCUT2D eigenvalue weighted by atomic mass is 16.5. The molecule has 0 bridgehead atoms. The summed E-state index contributed by atoms with van der Waals surface area (Å²) in [6.07, 6.45) is 6.06. The Labute approximate surface area is 224 Å². The molecule has 3 aromatic carbocycles. The molecule has 0 spiro atoms. The van der Waals surface area contributed by atoms with Gasteiger partial charge >= 0.3 is 0 Å². The summed E-state index contributed by atoms with van der Waals surface area (Å²) in [6.45, 7) is 8.93. The van der Waals surface area contributed by atoms with E-state index in [1.165, 1.54) is 47.2 Å². The zero-order chi connectivity index (χ0) is 26.4. The lowest BCUT2D eigenvalue weighted by molar-refractivity contribution is 0.460. The first-order chi connectivity index (χ1) is 18.4. The minimum atomic E-state index is 0.148. The second kappa shape index (κ2) is 9.79. The van der Waals surface area contributed by atoms with E-state index in [4.69, 9.17) is 9.73 Å². The number of anilines is 1. The lowest BCUT2D eigenvalue weighted by atomic mass is 9.94. The van der Waals surface area contributed by atoms with E-state index in [2.05, 4.69) is 55.8 Å². The number of aromatic hydroxyl groups is 1. The number of aliphatic imine (C=N–C) groups is 1. The van der Waals surface area contributed by atoms with Gasteiger partial charge in [0.05, 0.1) is 12.1 Å². The van der Waals surface area contributed by atoms with Crippen LogP contribution in [0.15, 0.2) is 65.7 Å². The van der Waals surface area contributed by atoms with Crippen molar-refractivity contribution in [3.05, 3.63) is 88.5 Å². The van der Waals surface area contributed by atoms with Crippen LogP contribution in [0.25, 0.3) is 10.9 Å². The quantitative estimate of drug-likeness (QED) is 0.306. The third-order valence-corrected chi connectivity index (χ3v) is 8.35. The van der Waals surface area contributed by atoms with Gasteiger partial charge in [-0.25, -0.2) is 4.98 Å². The molecule has 0 saturated heterocycles. The molecule has 1 fully saturated rings. The van der Waals surface area contributed by atoms with Crippen LogP contribution in [-0.2, 0) is 0 Å². The molecule has 2 aliphatic rings. The van der Waals surface area contributed by atoms with Crippen molar-refractivity contribution >= 4 is 22.4 Å². The average molecular weight is 506 g/mol. The Morgan fingerprint density at radius 1 is 0.842 bits per heavy atom. The highest BCUT2D eigenvalue weighted by molar-refractivity contribution is 6.13. The van der Waals surface area contributed by atoms with E-state index >= 15 is 0 Å². The number of ether oxygens (including phenoxy) is 1. The number of aromatic nitrogens is 1. The third-order valence-electron chi connectivity index (χ3n) is 8.35. The molecular formula is C33H35N3O2. The Kier molecular flexibility index (Phi) is 6.30. The molecule has 0 unspecified atom stereocenters. The molecule has 0 radical (unpaired) electrons. The lowest BCUT2D eigenvalue weighted by Crippen LogP contribution is -2.41. The Hall–Kier alpha value is -3.86. The summed E-state index contributed by atoms with van der Waals surface area (Å²) in [5.41, 5.74) is 8.21. The maximum absolute atomic E-state index is 10.3. The van der Waals surface area contributed by atoms with Crippen LogP contribution in [-0.4, -0.2) is 28.0 Å². The molecular weight excluding hydrogens is 470 g/mol. The molecule has 194 valence electrons. The number of hydrogen-bond donors (Lipinski definition) is 1. The first-order valence-electron chi connectivity index (χ1n) is 13.7. The second-order valence-electron chi connectivity index (χ2n) is 10.8. The number of pyridine rings is 1. The average Bonchev–Trinajstić information content (AvgIpc) is 3.09. The number of nitrogens with zero attached hydrogens (tertiary/aromatic N) is 3. The number of amidine groups is 1. The van der Waals surface area contributed by atoms with Crippen LogP contribution >= 0.6 is 0 Å². The monoisotopic (exact) mass is 505 g/mol. The largest absolute Gasteiger partial charge is 0.506 e. The summed E-state index contributed by atoms with van der Waals surface area (Å²) in [7, 11) is 0. The van der Waals surface area contributed by atoms with Crippen molar-refractivity contribution in [1.29, 1.82) is 0 Å². The Morgan fingerprint density at radius 3 is 2.42 bits per heavy atom. The molecule has 1 aliphatic carbocycles. The van der Waals surface area contributed by atoms with E-state index in [0.29, 0.717) is 29.2 Å². The van der Waals surface area contributed by atoms with Gasteiger partial charge < -0.3 is 14.7 Å². The minimum absolute atomic E-state index is 0.148. The summed E-state index contributed by atoms with van der Waals surface area (Å²) >= 11 is 0. The molecule has 1 aliphatic heterocycles. The van der Waals surface area contributed by atoms with Gasteiger partial charge in [-0.05, 0) is 87.1 Å². The van der Waals surface area contributed by atoms with E-state index < -0.39 is 0 Å². The molecule has 1 aromatic heterocycles. The van der Waals surface area contributed by atoms with Gasteiger partial charge in [-0.3, -0.25) is 4.99 Å². The number of benzene rings is 3. The number of phenols is 1. The highest BCUT2D eigenvalue weighted by Crippen LogP contribution is 2.40. The minimum Gasteiger partial charge on any atom is -0.506 e. The Bertz CT molecular complexity index is 1530. The van der Waals surface area contributed by atoms with Gasteiger partial charge in [-0.15, -0.1) is 0 Å². The number of hydrogen-bond acceptors (Lipinski definition) is 5. The summed E-state index contributed by atoms with van der Waals surface area (Å²) < 4.78 is 6.21. The van der Waals surface area contributed by atoms with E-state index in [9.17, 15) is 5.11 Å². The van der Waals surface area contributed by atoms with Gasteiger partial charge in [-0.1, -0.05) is 49.6 Å². The third kappa shape index (κ3) is 4.30. The molecule has 1 N–H and O–H groups in total. The molecule has 2 heterocycles. The summed E-state index contributed by atoms with van der Waals surface area (Å²) in [5.74, 6) is 2.34. The highest BCUT2D eigenvalue weighted by Gasteiger charge is 2.39. The molecule has 4 aromatic rings. The fourth-order valence-corrected chi connectivity index (χ4v) is 6.13.